The van der Waals surface area contributed by atoms with Gasteiger partial charge in [-0.25, -0.2) is 0 Å². The Balaban J connectivity index is 4.03. The van der Waals surface area contributed by atoms with Gasteiger partial charge in [-0.15, -0.1) is 0 Å². The van der Waals surface area contributed by atoms with Crippen molar-refractivity contribution in [2.75, 3.05) is 6.61 Å². The van der Waals surface area contributed by atoms with Crippen LogP contribution in [0.5, 0.6) is 0 Å². The van der Waals surface area contributed by atoms with Crippen molar-refractivity contribution in [3.8, 4) is 0 Å². The number of carbonyl (C=O) groups is 1. The monoisotopic (exact) mass is 162 g/mol. The Kier molecular flexibility index (Phi) is 4.97. The maximum Gasteiger partial charge on any atom is 0.153 e. The molecule has 11 heavy (non-hydrogen) atoms. The Morgan fingerprint density at radius 3 is 2.55 bits per heavy atom. The number of nitrogens with two attached hydrogens (primary N) is 1. The molecule has 2 atom stereocenters. The van der Waals surface area contributed by atoms with Gasteiger partial charge in [0.05, 0.1) is 12.6 Å². The lowest BCUT2D eigenvalue weighted by Gasteiger charge is -2.18. The number of hydroxylamine groups is 1. The van der Waals surface area contributed by atoms with Crippen molar-refractivity contribution in [2.24, 2.45) is 5.73 Å². The molecule has 0 aliphatic carbocycles. The van der Waals surface area contributed by atoms with Gasteiger partial charge in [-0.2, -0.15) is 5.48 Å². The van der Waals surface area contributed by atoms with E-state index in [9.17, 15) is 4.79 Å². The molecule has 0 amide bonds. The number of rotatable bonds is 5. The zero-order valence-corrected chi connectivity index (χ0v) is 6.45. The van der Waals surface area contributed by atoms with Crippen molar-refractivity contribution in [3.05, 3.63) is 0 Å². The predicted molar refractivity (Wildman–Crippen MR) is 39.1 cm³/mol. The van der Waals surface area contributed by atoms with Gasteiger partial charge in [0.1, 0.15) is 6.04 Å². The number of ketones is 1. The second kappa shape index (κ2) is 5.20. The van der Waals surface area contributed by atoms with Crippen LogP contribution >= 0.6 is 0 Å². The maximum absolute atomic E-state index is 10.9. The molecule has 2 unspecified atom stereocenters. The highest BCUT2D eigenvalue weighted by atomic mass is 16.5. The SMILES string of the molecule is CCC(=O)C(NO)C(N)CO. The zero-order chi connectivity index (χ0) is 8.85. The highest BCUT2D eigenvalue weighted by Gasteiger charge is 2.22. The van der Waals surface area contributed by atoms with Crippen LogP contribution in [0, 0.1) is 0 Å². The largest absolute Gasteiger partial charge is 0.395 e. The van der Waals surface area contributed by atoms with Gasteiger partial charge < -0.3 is 16.0 Å². The Morgan fingerprint density at radius 2 is 2.27 bits per heavy atom. The van der Waals surface area contributed by atoms with E-state index in [1.54, 1.807) is 12.4 Å². The average molecular weight is 162 g/mol. The van der Waals surface area contributed by atoms with Crippen LogP contribution in [0.15, 0.2) is 0 Å². The van der Waals surface area contributed by atoms with Crippen molar-refractivity contribution in [2.45, 2.75) is 25.4 Å². The molecule has 0 aliphatic rings. The van der Waals surface area contributed by atoms with Crippen LogP contribution in [-0.4, -0.2) is 34.8 Å². The molecule has 5 heteroatoms. The third kappa shape index (κ3) is 2.94. The Hall–Kier alpha value is -0.490. The number of hydrogen-bond acceptors (Lipinski definition) is 5. The molecule has 0 saturated heterocycles. The highest BCUT2D eigenvalue weighted by molar-refractivity contribution is 5.84. The van der Waals surface area contributed by atoms with E-state index in [4.69, 9.17) is 16.0 Å². The summed E-state index contributed by atoms with van der Waals surface area (Å²) in [4.78, 5) is 10.9. The average Bonchev–Trinajstić information content (AvgIpc) is 2.05. The normalized spacial score (nSPS) is 16.0. The molecule has 0 spiro atoms. The number of aliphatic hydroxyl groups is 1. The van der Waals surface area contributed by atoms with Gasteiger partial charge in [-0.05, 0) is 0 Å². The molecule has 0 aromatic rings. The number of nitrogens with one attached hydrogen (secondary N) is 1. The smallest absolute Gasteiger partial charge is 0.153 e. The van der Waals surface area contributed by atoms with Crippen LogP contribution in [0.3, 0.4) is 0 Å². The summed E-state index contributed by atoms with van der Waals surface area (Å²) in [6.45, 7) is 1.33. The summed E-state index contributed by atoms with van der Waals surface area (Å²) in [6.07, 6.45) is 0.284. The molecular formula is C6H14N2O3. The maximum atomic E-state index is 10.9. The van der Waals surface area contributed by atoms with E-state index in [1.165, 1.54) is 0 Å². The predicted octanol–water partition coefficient (Wildman–Crippen LogP) is -1.37. The van der Waals surface area contributed by atoms with Crippen molar-refractivity contribution in [1.29, 1.82) is 0 Å². The molecule has 5 nitrogen and oxygen atoms in total. The van der Waals surface area contributed by atoms with Gasteiger partial charge in [0.15, 0.2) is 5.78 Å². The summed E-state index contributed by atoms with van der Waals surface area (Å²) in [5, 5.41) is 17.0. The molecule has 0 heterocycles. The van der Waals surface area contributed by atoms with E-state index in [1.807, 2.05) is 0 Å². The molecular weight excluding hydrogens is 148 g/mol. The summed E-state index contributed by atoms with van der Waals surface area (Å²) < 4.78 is 0. The summed E-state index contributed by atoms with van der Waals surface area (Å²) >= 11 is 0. The first-order valence-electron chi connectivity index (χ1n) is 3.46. The van der Waals surface area contributed by atoms with Gasteiger partial charge in [-0.1, -0.05) is 6.92 Å². The first kappa shape index (κ1) is 10.5. The summed E-state index contributed by atoms with van der Waals surface area (Å²) in [7, 11) is 0. The number of carbonyl (C=O) groups excluding carboxylic acids is 1. The minimum atomic E-state index is -0.856. The Morgan fingerprint density at radius 1 is 1.73 bits per heavy atom. The Bertz CT molecular complexity index is 129. The number of aliphatic hydroxyl groups excluding tert-OH is 1. The lowest BCUT2D eigenvalue weighted by atomic mass is 10.0. The van der Waals surface area contributed by atoms with Gasteiger partial charge in [0.2, 0.25) is 0 Å². The zero-order valence-electron chi connectivity index (χ0n) is 6.45. The lowest BCUT2D eigenvalue weighted by Crippen LogP contribution is -2.50. The Labute approximate surface area is 65.2 Å². The van der Waals surface area contributed by atoms with Gasteiger partial charge >= 0.3 is 0 Å². The summed E-state index contributed by atoms with van der Waals surface area (Å²) in [5.74, 6) is -0.214. The fraction of sp³-hybridized carbons (Fsp3) is 0.833. The van der Waals surface area contributed by atoms with E-state index < -0.39 is 12.1 Å². The number of Topliss-reactive ketones (excluding diaryl/α,β-unsaturated/α-hetero) is 1. The fourth-order valence-corrected chi connectivity index (χ4v) is 0.732. The topological polar surface area (TPSA) is 95.6 Å². The standard InChI is InChI=1S/C6H14N2O3/c1-2-5(10)6(8-11)4(7)3-9/h4,6,8-9,11H,2-3,7H2,1H3. The van der Waals surface area contributed by atoms with Crippen LogP contribution in [0.2, 0.25) is 0 Å². The fourth-order valence-electron chi connectivity index (χ4n) is 0.732. The van der Waals surface area contributed by atoms with Crippen LogP contribution in [0.25, 0.3) is 0 Å². The first-order chi connectivity index (χ1) is 5.17. The van der Waals surface area contributed by atoms with Gasteiger partial charge in [0.25, 0.3) is 0 Å². The second-order valence-corrected chi connectivity index (χ2v) is 2.27. The quantitative estimate of drug-likeness (QED) is 0.374. The summed E-state index contributed by atoms with van der Waals surface area (Å²) in [5.41, 5.74) is 7.08. The molecule has 0 aromatic carbocycles. The third-order valence-electron chi connectivity index (χ3n) is 1.47. The van der Waals surface area contributed by atoms with E-state index in [0.717, 1.165) is 0 Å². The molecule has 0 aliphatic heterocycles. The minimum absolute atomic E-state index is 0.214. The molecule has 0 bridgehead atoms. The van der Waals surface area contributed by atoms with Crippen LogP contribution in [0.4, 0.5) is 0 Å². The highest BCUT2D eigenvalue weighted by Crippen LogP contribution is 1.94. The molecule has 0 aromatic heterocycles. The summed E-state index contributed by atoms with van der Waals surface area (Å²) in [6, 6.07) is -1.60. The number of hydrogen-bond donors (Lipinski definition) is 4. The van der Waals surface area contributed by atoms with Crippen molar-refractivity contribution in [1.82, 2.24) is 5.48 Å². The minimum Gasteiger partial charge on any atom is -0.395 e. The first-order valence-corrected chi connectivity index (χ1v) is 3.46. The van der Waals surface area contributed by atoms with E-state index >= 15 is 0 Å². The molecule has 0 rings (SSSR count). The van der Waals surface area contributed by atoms with Crippen molar-refractivity contribution >= 4 is 5.78 Å². The van der Waals surface area contributed by atoms with Crippen molar-refractivity contribution < 1.29 is 15.1 Å². The van der Waals surface area contributed by atoms with Crippen molar-refractivity contribution in [3.63, 3.8) is 0 Å². The lowest BCUT2D eigenvalue weighted by molar-refractivity contribution is -0.124. The van der Waals surface area contributed by atoms with E-state index in [-0.39, 0.29) is 18.8 Å². The molecule has 0 fully saturated rings. The molecule has 5 N–H and O–H groups in total. The molecule has 66 valence electrons. The second-order valence-electron chi connectivity index (χ2n) is 2.27. The third-order valence-corrected chi connectivity index (χ3v) is 1.47. The van der Waals surface area contributed by atoms with Crippen LogP contribution in [-0.2, 0) is 4.79 Å². The van der Waals surface area contributed by atoms with Crippen LogP contribution < -0.4 is 11.2 Å². The molecule has 0 saturated carbocycles. The van der Waals surface area contributed by atoms with Crippen LogP contribution in [0.1, 0.15) is 13.3 Å². The van der Waals surface area contributed by atoms with Gasteiger partial charge in [-0.3, -0.25) is 4.79 Å². The van der Waals surface area contributed by atoms with E-state index in [0.29, 0.717) is 0 Å². The molecule has 0 radical (unpaired) electrons. The van der Waals surface area contributed by atoms with Gasteiger partial charge in [0, 0.05) is 6.42 Å². The van der Waals surface area contributed by atoms with E-state index in [2.05, 4.69) is 0 Å².